The Balaban J connectivity index is 2.43. The van der Waals surface area contributed by atoms with Crippen LogP contribution >= 0.6 is 0 Å². The zero-order valence-electron chi connectivity index (χ0n) is 11.0. The molecule has 90 valence electrons. The summed E-state index contributed by atoms with van der Waals surface area (Å²) in [4.78, 5) is 4.84. The topological polar surface area (TPSA) is 18.5 Å². The number of nitrogens with zero attached hydrogens (tertiary/aromatic N) is 2. The molecule has 3 heteroatoms. The van der Waals surface area contributed by atoms with Gasteiger partial charge in [0.25, 0.3) is 0 Å². The molecule has 1 N–H and O–H groups in total. The van der Waals surface area contributed by atoms with Crippen molar-refractivity contribution in [3.63, 3.8) is 0 Å². The summed E-state index contributed by atoms with van der Waals surface area (Å²) in [6.07, 6.45) is 1.26. The first-order chi connectivity index (χ1) is 7.02. The number of likely N-dealkylation sites (N-methyl/N-ethyl adjacent to an activating group) is 1. The van der Waals surface area contributed by atoms with E-state index in [9.17, 15) is 0 Å². The van der Waals surface area contributed by atoms with Crippen molar-refractivity contribution in [1.82, 2.24) is 15.1 Å². The zero-order chi connectivity index (χ0) is 11.4. The number of hydrogen-bond acceptors (Lipinski definition) is 3. The Morgan fingerprint density at radius 3 is 2.53 bits per heavy atom. The average Bonchev–Trinajstić information content (AvgIpc) is 2.15. The van der Waals surface area contributed by atoms with E-state index in [1.54, 1.807) is 0 Å². The minimum atomic E-state index is 0.700. The summed E-state index contributed by atoms with van der Waals surface area (Å²) in [6, 6.07) is 1.40. The maximum absolute atomic E-state index is 3.56. The molecule has 0 aromatic rings. The smallest absolute Gasteiger partial charge is 0.0244 e. The van der Waals surface area contributed by atoms with Crippen molar-refractivity contribution in [1.29, 1.82) is 0 Å². The molecular formula is C12H27N3. The Morgan fingerprint density at radius 1 is 1.33 bits per heavy atom. The van der Waals surface area contributed by atoms with Gasteiger partial charge in [0, 0.05) is 25.2 Å². The van der Waals surface area contributed by atoms with Crippen LogP contribution in [0.1, 0.15) is 20.3 Å². The number of hydrogen-bond donors (Lipinski definition) is 1. The third-order valence-corrected chi connectivity index (χ3v) is 3.51. The van der Waals surface area contributed by atoms with Gasteiger partial charge >= 0.3 is 0 Å². The third-order valence-electron chi connectivity index (χ3n) is 3.51. The predicted octanol–water partition coefficient (Wildman–Crippen LogP) is 0.866. The molecule has 1 aliphatic heterocycles. The van der Waals surface area contributed by atoms with E-state index in [1.165, 1.54) is 13.0 Å². The lowest BCUT2D eigenvalue weighted by atomic mass is 9.97. The first kappa shape index (κ1) is 12.9. The van der Waals surface area contributed by atoms with Crippen molar-refractivity contribution in [2.45, 2.75) is 32.4 Å². The van der Waals surface area contributed by atoms with Crippen molar-refractivity contribution < 1.29 is 0 Å². The first-order valence-electron chi connectivity index (χ1n) is 6.09. The Bertz CT molecular complexity index is 180. The first-order valence-corrected chi connectivity index (χ1v) is 6.09. The molecule has 1 saturated heterocycles. The molecule has 0 aromatic carbocycles. The third kappa shape index (κ3) is 3.74. The molecule has 1 aliphatic rings. The van der Waals surface area contributed by atoms with E-state index in [1.807, 2.05) is 0 Å². The Hall–Kier alpha value is -0.120. The molecule has 0 aliphatic carbocycles. The molecule has 0 aromatic heterocycles. The van der Waals surface area contributed by atoms with E-state index < -0.39 is 0 Å². The van der Waals surface area contributed by atoms with E-state index in [-0.39, 0.29) is 0 Å². The van der Waals surface area contributed by atoms with Crippen LogP contribution in [0.25, 0.3) is 0 Å². The molecule has 0 radical (unpaired) electrons. The van der Waals surface area contributed by atoms with Gasteiger partial charge in [-0.3, -0.25) is 4.90 Å². The SMILES string of the molecule is CC(C)[C@@H]1CNCC(CCN(C)C)N1C. The summed E-state index contributed by atoms with van der Waals surface area (Å²) in [5, 5.41) is 3.56. The van der Waals surface area contributed by atoms with E-state index in [0.717, 1.165) is 19.0 Å². The molecule has 2 atom stereocenters. The molecule has 0 bridgehead atoms. The average molecular weight is 213 g/mol. The Kier molecular flexibility index (Phi) is 5.03. The normalized spacial score (nSPS) is 29.0. The molecule has 3 nitrogen and oxygen atoms in total. The van der Waals surface area contributed by atoms with Crippen LogP contribution in [0.4, 0.5) is 0 Å². The van der Waals surface area contributed by atoms with Gasteiger partial charge in [0.15, 0.2) is 0 Å². The fourth-order valence-corrected chi connectivity index (χ4v) is 2.38. The summed E-state index contributed by atoms with van der Waals surface area (Å²) in [5.41, 5.74) is 0. The van der Waals surface area contributed by atoms with Gasteiger partial charge in [-0.2, -0.15) is 0 Å². The largest absolute Gasteiger partial charge is 0.314 e. The summed E-state index contributed by atoms with van der Waals surface area (Å²) in [6.45, 7) is 8.11. The van der Waals surface area contributed by atoms with Gasteiger partial charge in [-0.1, -0.05) is 13.8 Å². The summed E-state index contributed by atoms with van der Waals surface area (Å²) in [5.74, 6) is 0.740. The fourth-order valence-electron chi connectivity index (χ4n) is 2.38. The van der Waals surface area contributed by atoms with Crippen LogP contribution < -0.4 is 5.32 Å². The van der Waals surface area contributed by atoms with Crippen LogP contribution in [-0.2, 0) is 0 Å². The molecule has 1 unspecified atom stereocenters. The lowest BCUT2D eigenvalue weighted by Crippen LogP contribution is -2.57. The summed E-state index contributed by atoms with van der Waals surface area (Å²) >= 11 is 0. The van der Waals surface area contributed by atoms with Gasteiger partial charge in [-0.15, -0.1) is 0 Å². The maximum atomic E-state index is 3.56. The van der Waals surface area contributed by atoms with Gasteiger partial charge in [-0.25, -0.2) is 0 Å². The molecule has 0 saturated carbocycles. The van der Waals surface area contributed by atoms with Gasteiger partial charge in [0.1, 0.15) is 0 Å². The fraction of sp³-hybridized carbons (Fsp3) is 1.00. The molecule has 0 spiro atoms. The van der Waals surface area contributed by atoms with Crippen LogP contribution in [0, 0.1) is 5.92 Å². The molecule has 0 amide bonds. The second-order valence-corrected chi connectivity index (χ2v) is 5.38. The van der Waals surface area contributed by atoms with E-state index in [0.29, 0.717) is 12.1 Å². The van der Waals surface area contributed by atoms with Crippen LogP contribution in [0.5, 0.6) is 0 Å². The second-order valence-electron chi connectivity index (χ2n) is 5.38. The van der Waals surface area contributed by atoms with Gasteiger partial charge in [0.05, 0.1) is 0 Å². The Labute approximate surface area is 94.8 Å². The monoisotopic (exact) mass is 213 g/mol. The highest BCUT2D eigenvalue weighted by Gasteiger charge is 2.28. The predicted molar refractivity (Wildman–Crippen MR) is 66.2 cm³/mol. The number of rotatable bonds is 4. The van der Waals surface area contributed by atoms with Crippen molar-refractivity contribution in [3.05, 3.63) is 0 Å². The van der Waals surface area contributed by atoms with Crippen molar-refractivity contribution >= 4 is 0 Å². The van der Waals surface area contributed by atoms with Crippen LogP contribution in [0.3, 0.4) is 0 Å². The quantitative estimate of drug-likeness (QED) is 0.747. The van der Waals surface area contributed by atoms with E-state index >= 15 is 0 Å². The maximum Gasteiger partial charge on any atom is 0.0244 e. The Morgan fingerprint density at radius 2 is 2.00 bits per heavy atom. The highest BCUT2D eigenvalue weighted by molar-refractivity contribution is 4.87. The molecule has 1 fully saturated rings. The highest BCUT2D eigenvalue weighted by Crippen LogP contribution is 2.16. The standard InChI is InChI=1S/C12H27N3/c1-10(2)12-9-13-8-11(15(12)5)6-7-14(3)4/h10-13H,6-9H2,1-5H3/t11?,12-/m0/s1. The summed E-state index contributed by atoms with van der Waals surface area (Å²) in [7, 11) is 6.58. The van der Waals surface area contributed by atoms with Crippen molar-refractivity contribution in [2.75, 3.05) is 40.8 Å². The van der Waals surface area contributed by atoms with E-state index in [2.05, 4.69) is 50.1 Å². The van der Waals surface area contributed by atoms with Crippen LogP contribution in [0.2, 0.25) is 0 Å². The lowest BCUT2D eigenvalue weighted by molar-refractivity contribution is 0.0881. The number of piperazine rings is 1. The zero-order valence-corrected chi connectivity index (χ0v) is 11.0. The minimum absolute atomic E-state index is 0.700. The van der Waals surface area contributed by atoms with Crippen molar-refractivity contribution in [2.24, 2.45) is 5.92 Å². The molecular weight excluding hydrogens is 186 g/mol. The molecule has 15 heavy (non-hydrogen) atoms. The van der Waals surface area contributed by atoms with Gasteiger partial charge in [-0.05, 0) is 40.0 Å². The lowest BCUT2D eigenvalue weighted by Gasteiger charge is -2.42. The minimum Gasteiger partial charge on any atom is -0.314 e. The van der Waals surface area contributed by atoms with Crippen LogP contribution in [0.15, 0.2) is 0 Å². The van der Waals surface area contributed by atoms with Gasteiger partial charge < -0.3 is 10.2 Å². The van der Waals surface area contributed by atoms with Crippen LogP contribution in [-0.4, -0.2) is 62.7 Å². The number of nitrogens with one attached hydrogen (secondary N) is 1. The second kappa shape index (κ2) is 5.83. The van der Waals surface area contributed by atoms with Crippen molar-refractivity contribution in [3.8, 4) is 0 Å². The highest BCUT2D eigenvalue weighted by atomic mass is 15.2. The molecule has 1 rings (SSSR count). The summed E-state index contributed by atoms with van der Waals surface area (Å²) < 4.78 is 0. The van der Waals surface area contributed by atoms with E-state index in [4.69, 9.17) is 0 Å². The molecule has 1 heterocycles. The van der Waals surface area contributed by atoms with Gasteiger partial charge in [0.2, 0.25) is 0 Å².